The SMILES string of the molecule is O=C(Cc1cccc2ccccc12)N1CCN(CCOC(c2ccc(F)cc2)c2ccc(F)cc2)CC1. The van der Waals surface area contributed by atoms with Crippen molar-refractivity contribution in [2.75, 3.05) is 39.3 Å². The molecule has 1 saturated heterocycles. The number of nitrogens with zero attached hydrogens (tertiary/aromatic N) is 2. The van der Waals surface area contributed by atoms with Crippen molar-refractivity contribution in [1.82, 2.24) is 9.80 Å². The minimum atomic E-state index is -0.412. The van der Waals surface area contributed by atoms with E-state index in [2.05, 4.69) is 23.1 Å². The van der Waals surface area contributed by atoms with Gasteiger partial charge in [0.15, 0.2) is 0 Å². The van der Waals surface area contributed by atoms with Crippen LogP contribution in [0.3, 0.4) is 0 Å². The molecule has 1 heterocycles. The van der Waals surface area contributed by atoms with Crippen molar-refractivity contribution in [3.05, 3.63) is 119 Å². The van der Waals surface area contributed by atoms with Gasteiger partial charge in [0.25, 0.3) is 0 Å². The third-order valence-electron chi connectivity index (χ3n) is 6.98. The molecule has 1 aliphatic heterocycles. The van der Waals surface area contributed by atoms with Crippen LogP contribution in [0.5, 0.6) is 0 Å². The fourth-order valence-electron chi connectivity index (χ4n) is 4.90. The molecule has 1 amide bonds. The monoisotopic (exact) mass is 500 g/mol. The Labute approximate surface area is 216 Å². The number of piperazine rings is 1. The number of amides is 1. The first kappa shape index (κ1) is 25.1. The average molecular weight is 501 g/mol. The molecule has 37 heavy (non-hydrogen) atoms. The second-order valence-corrected chi connectivity index (χ2v) is 9.39. The quantitative estimate of drug-likeness (QED) is 0.315. The zero-order valence-electron chi connectivity index (χ0n) is 20.7. The minimum absolute atomic E-state index is 0.153. The van der Waals surface area contributed by atoms with E-state index < -0.39 is 6.10 Å². The van der Waals surface area contributed by atoms with Crippen LogP contribution in [0, 0.1) is 11.6 Å². The molecule has 4 nitrogen and oxygen atoms in total. The maximum atomic E-state index is 13.5. The summed E-state index contributed by atoms with van der Waals surface area (Å²) in [5.41, 5.74) is 2.69. The maximum Gasteiger partial charge on any atom is 0.227 e. The lowest BCUT2D eigenvalue weighted by atomic mass is 10.0. The molecule has 1 fully saturated rings. The summed E-state index contributed by atoms with van der Waals surface area (Å²) >= 11 is 0. The van der Waals surface area contributed by atoms with E-state index in [0.29, 0.717) is 32.7 Å². The van der Waals surface area contributed by atoms with Crippen molar-refractivity contribution in [2.45, 2.75) is 12.5 Å². The van der Waals surface area contributed by atoms with E-state index in [4.69, 9.17) is 4.74 Å². The Hall–Kier alpha value is -3.61. The molecule has 1 aliphatic rings. The summed E-state index contributed by atoms with van der Waals surface area (Å²) in [7, 11) is 0. The van der Waals surface area contributed by atoms with Gasteiger partial charge in [0.05, 0.1) is 13.0 Å². The van der Waals surface area contributed by atoms with Gasteiger partial charge in [-0.3, -0.25) is 9.69 Å². The van der Waals surface area contributed by atoms with Crippen LogP contribution < -0.4 is 0 Å². The highest BCUT2D eigenvalue weighted by atomic mass is 19.1. The van der Waals surface area contributed by atoms with Crippen LogP contribution in [0.15, 0.2) is 91.0 Å². The van der Waals surface area contributed by atoms with Crippen molar-refractivity contribution >= 4 is 16.7 Å². The number of carbonyl (C=O) groups is 1. The summed E-state index contributed by atoms with van der Waals surface area (Å²) < 4.78 is 33.1. The minimum Gasteiger partial charge on any atom is -0.367 e. The number of fused-ring (bicyclic) bond motifs is 1. The molecule has 5 rings (SSSR count). The summed E-state index contributed by atoms with van der Waals surface area (Å²) in [5, 5.41) is 2.28. The van der Waals surface area contributed by atoms with E-state index in [1.54, 1.807) is 24.3 Å². The van der Waals surface area contributed by atoms with Crippen molar-refractivity contribution in [2.24, 2.45) is 0 Å². The fraction of sp³-hybridized carbons (Fsp3) is 0.258. The Morgan fingerprint density at radius 3 is 2.00 bits per heavy atom. The van der Waals surface area contributed by atoms with Gasteiger partial charge in [0.2, 0.25) is 5.91 Å². The second-order valence-electron chi connectivity index (χ2n) is 9.39. The fourth-order valence-corrected chi connectivity index (χ4v) is 4.90. The predicted octanol–water partition coefficient (Wildman–Crippen LogP) is 5.61. The summed E-state index contributed by atoms with van der Waals surface area (Å²) in [6.07, 6.45) is -0.00801. The highest BCUT2D eigenvalue weighted by molar-refractivity contribution is 5.90. The molecule has 0 aromatic heterocycles. The number of hydrogen-bond donors (Lipinski definition) is 0. The van der Waals surface area contributed by atoms with Crippen molar-refractivity contribution in [1.29, 1.82) is 0 Å². The summed E-state index contributed by atoms with van der Waals surface area (Å²) in [6.45, 7) is 4.10. The van der Waals surface area contributed by atoms with Gasteiger partial charge in [0.1, 0.15) is 17.7 Å². The Bertz CT molecular complexity index is 1280. The predicted molar refractivity (Wildman–Crippen MR) is 141 cm³/mol. The van der Waals surface area contributed by atoms with Crippen LogP contribution in [0.1, 0.15) is 22.8 Å². The normalized spacial score (nSPS) is 14.4. The van der Waals surface area contributed by atoms with Crippen LogP contribution in [0.2, 0.25) is 0 Å². The lowest BCUT2D eigenvalue weighted by Gasteiger charge is -2.35. The lowest BCUT2D eigenvalue weighted by molar-refractivity contribution is -0.132. The van der Waals surface area contributed by atoms with Crippen LogP contribution in [0.25, 0.3) is 10.8 Å². The molecule has 0 N–H and O–H groups in total. The van der Waals surface area contributed by atoms with Gasteiger partial charge >= 0.3 is 0 Å². The molecule has 0 saturated carbocycles. The van der Waals surface area contributed by atoms with Gasteiger partial charge < -0.3 is 9.64 Å². The smallest absolute Gasteiger partial charge is 0.227 e. The molecule has 0 unspecified atom stereocenters. The summed E-state index contributed by atoms with van der Waals surface area (Å²) in [5.74, 6) is -0.469. The Morgan fingerprint density at radius 1 is 0.757 bits per heavy atom. The van der Waals surface area contributed by atoms with Gasteiger partial charge in [-0.05, 0) is 51.7 Å². The largest absolute Gasteiger partial charge is 0.367 e. The molecule has 0 radical (unpaired) electrons. The first-order valence-electron chi connectivity index (χ1n) is 12.7. The molecule has 4 aromatic rings. The molecular weight excluding hydrogens is 470 g/mol. The van der Waals surface area contributed by atoms with Crippen LogP contribution in [-0.2, 0) is 16.0 Å². The zero-order valence-corrected chi connectivity index (χ0v) is 20.7. The van der Waals surface area contributed by atoms with Crippen LogP contribution >= 0.6 is 0 Å². The van der Waals surface area contributed by atoms with Crippen LogP contribution in [-0.4, -0.2) is 55.0 Å². The molecular formula is C31H30F2N2O2. The van der Waals surface area contributed by atoms with E-state index in [1.807, 2.05) is 29.2 Å². The van der Waals surface area contributed by atoms with E-state index in [9.17, 15) is 13.6 Å². The van der Waals surface area contributed by atoms with Crippen molar-refractivity contribution < 1.29 is 18.3 Å². The second kappa shape index (κ2) is 11.6. The van der Waals surface area contributed by atoms with Gasteiger partial charge in [-0.1, -0.05) is 66.7 Å². The molecule has 4 aromatic carbocycles. The van der Waals surface area contributed by atoms with E-state index in [-0.39, 0.29) is 17.5 Å². The summed E-state index contributed by atoms with van der Waals surface area (Å²) in [4.78, 5) is 17.2. The van der Waals surface area contributed by atoms with Gasteiger partial charge in [-0.25, -0.2) is 8.78 Å². The number of hydrogen-bond acceptors (Lipinski definition) is 3. The maximum absolute atomic E-state index is 13.5. The molecule has 190 valence electrons. The number of rotatable bonds is 8. The Balaban J connectivity index is 1.14. The van der Waals surface area contributed by atoms with E-state index in [1.165, 1.54) is 24.3 Å². The molecule has 6 heteroatoms. The van der Waals surface area contributed by atoms with Gasteiger partial charge in [-0.2, -0.15) is 0 Å². The first-order valence-corrected chi connectivity index (χ1v) is 12.7. The first-order chi connectivity index (χ1) is 18.1. The number of benzene rings is 4. The highest BCUT2D eigenvalue weighted by Gasteiger charge is 2.22. The molecule has 0 spiro atoms. The highest BCUT2D eigenvalue weighted by Crippen LogP contribution is 2.27. The van der Waals surface area contributed by atoms with Crippen LogP contribution in [0.4, 0.5) is 8.78 Å². The Kier molecular flexibility index (Phi) is 7.87. The number of ether oxygens (including phenoxy) is 1. The van der Waals surface area contributed by atoms with E-state index in [0.717, 1.165) is 40.6 Å². The Morgan fingerprint density at radius 2 is 1.35 bits per heavy atom. The third-order valence-corrected chi connectivity index (χ3v) is 6.98. The third kappa shape index (κ3) is 6.21. The van der Waals surface area contributed by atoms with E-state index >= 15 is 0 Å². The summed E-state index contributed by atoms with van der Waals surface area (Å²) in [6, 6.07) is 26.7. The van der Waals surface area contributed by atoms with Gasteiger partial charge in [0, 0.05) is 32.7 Å². The average Bonchev–Trinajstić information content (AvgIpc) is 2.93. The molecule has 0 atom stereocenters. The number of carbonyl (C=O) groups excluding carboxylic acids is 1. The van der Waals surface area contributed by atoms with Gasteiger partial charge in [-0.15, -0.1) is 0 Å². The topological polar surface area (TPSA) is 32.8 Å². The number of halogens is 2. The molecule has 0 bridgehead atoms. The zero-order chi connectivity index (χ0) is 25.6. The molecule has 0 aliphatic carbocycles. The van der Waals surface area contributed by atoms with Crippen molar-refractivity contribution in [3.63, 3.8) is 0 Å². The standard InChI is InChI=1S/C31H30F2N2O2/c32-27-12-8-24(9-13-27)31(25-10-14-28(33)15-11-25)37-21-20-34-16-18-35(19-17-34)30(36)22-26-6-3-5-23-4-1-2-7-29(23)26/h1-15,31H,16-22H2. The lowest BCUT2D eigenvalue weighted by Crippen LogP contribution is -2.49. The van der Waals surface area contributed by atoms with Crippen molar-refractivity contribution in [3.8, 4) is 0 Å².